The van der Waals surface area contributed by atoms with E-state index in [9.17, 15) is 4.79 Å². The van der Waals surface area contributed by atoms with Crippen LogP contribution >= 0.6 is 0 Å². The first-order valence-electron chi connectivity index (χ1n) is 6.94. The van der Waals surface area contributed by atoms with Gasteiger partial charge in [0.05, 0.1) is 5.69 Å². The smallest absolute Gasteiger partial charge is 0.259 e. The Morgan fingerprint density at radius 2 is 2.00 bits per heavy atom. The molecule has 0 bridgehead atoms. The molecule has 0 saturated heterocycles. The van der Waals surface area contributed by atoms with Crippen LogP contribution in [0.15, 0.2) is 34.9 Å². The summed E-state index contributed by atoms with van der Waals surface area (Å²) in [5.74, 6) is 0.638. The van der Waals surface area contributed by atoms with E-state index in [2.05, 4.69) is 17.3 Å². The number of carbonyl (C=O) groups is 1. The molecule has 1 aromatic carbocycles. The fourth-order valence-electron chi connectivity index (χ4n) is 2.46. The molecule has 1 aliphatic carbocycles. The Kier molecular flexibility index (Phi) is 3.30. The molecule has 1 heterocycles. The fourth-order valence-corrected chi connectivity index (χ4v) is 2.46. The first kappa shape index (κ1) is 12.9. The van der Waals surface area contributed by atoms with Crippen LogP contribution in [-0.2, 0) is 6.54 Å². The Morgan fingerprint density at radius 1 is 1.30 bits per heavy atom. The molecule has 0 aliphatic heterocycles. The highest BCUT2D eigenvalue weighted by molar-refractivity contribution is 5.96. The van der Waals surface area contributed by atoms with Crippen LogP contribution < -0.4 is 0 Å². The predicted molar refractivity (Wildman–Crippen MR) is 75.3 cm³/mol. The van der Waals surface area contributed by atoms with Gasteiger partial charge in [0.1, 0.15) is 11.3 Å². The monoisotopic (exact) mass is 270 g/mol. The lowest BCUT2D eigenvalue weighted by molar-refractivity contribution is 0.0727. The Balaban J connectivity index is 1.86. The molecule has 20 heavy (non-hydrogen) atoms. The standard InChI is InChI=1S/C16H18N2O2/c1-11-15(12(2)20-17-11)16(19)18(14-8-9-14)10-13-6-4-3-5-7-13/h3-7,14H,8-10H2,1-2H3. The van der Waals surface area contributed by atoms with Crippen molar-refractivity contribution in [1.29, 1.82) is 0 Å². The van der Waals surface area contributed by atoms with E-state index < -0.39 is 0 Å². The number of aryl methyl sites for hydroxylation is 2. The molecular formula is C16H18N2O2. The molecular weight excluding hydrogens is 252 g/mol. The van der Waals surface area contributed by atoms with E-state index in [1.165, 1.54) is 0 Å². The molecule has 4 heteroatoms. The molecule has 0 radical (unpaired) electrons. The van der Waals surface area contributed by atoms with Crippen LogP contribution in [0.25, 0.3) is 0 Å². The van der Waals surface area contributed by atoms with Gasteiger partial charge in [-0.15, -0.1) is 0 Å². The number of benzene rings is 1. The first-order chi connectivity index (χ1) is 9.66. The van der Waals surface area contributed by atoms with Gasteiger partial charge < -0.3 is 9.42 Å². The van der Waals surface area contributed by atoms with Crippen molar-refractivity contribution in [2.24, 2.45) is 0 Å². The molecule has 0 N–H and O–H groups in total. The highest BCUT2D eigenvalue weighted by Gasteiger charge is 2.35. The normalized spacial score (nSPS) is 14.3. The Morgan fingerprint density at radius 3 is 2.55 bits per heavy atom. The van der Waals surface area contributed by atoms with Crippen LogP contribution in [0, 0.1) is 13.8 Å². The van der Waals surface area contributed by atoms with Crippen molar-refractivity contribution in [2.45, 2.75) is 39.3 Å². The molecule has 0 atom stereocenters. The van der Waals surface area contributed by atoms with Crippen LogP contribution in [0.2, 0.25) is 0 Å². The minimum Gasteiger partial charge on any atom is -0.361 e. The molecule has 1 fully saturated rings. The van der Waals surface area contributed by atoms with Crippen LogP contribution in [0.5, 0.6) is 0 Å². The zero-order chi connectivity index (χ0) is 14.1. The van der Waals surface area contributed by atoms with Crippen molar-refractivity contribution in [3.8, 4) is 0 Å². The lowest BCUT2D eigenvalue weighted by Gasteiger charge is -2.22. The first-order valence-corrected chi connectivity index (χ1v) is 6.94. The average molecular weight is 270 g/mol. The minimum atomic E-state index is 0.0348. The van der Waals surface area contributed by atoms with Crippen molar-refractivity contribution >= 4 is 5.91 Å². The molecule has 4 nitrogen and oxygen atoms in total. The maximum atomic E-state index is 12.8. The number of nitrogens with zero attached hydrogens (tertiary/aromatic N) is 2. The fraction of sp³-hybridized carbons (Fsp3) is 0.375. The molecule has 104 valence electrons. The van der Waals surface area contributed by atoms with Gasteiger partial charge in [-0.05, 0) is 32.3 Å². The second-order valence-corrected chi connectivity index (χ2v) is 5.35. The molecule has 0 spiro atoms. The van der Waals surface area contributed by atoms with Crippen molar-refractivity contribution in [3.63, 3.8) is 0 Å². The zero-order valence-corrected chi connectivity index (χ0v) is 11.8. The summed E-state index contributed by atoms with van der Waals surface area (Å²) in [4.78, 5) is 14.7. The van der Waals surface area contributed by atoms with Crippen LogP contribution in [0.4, 0.5) is 0 Å². The van der Waals surface area contributed by atoms with Gasteiger partial charge in [0.2, 0.25) is 0 Å². The van der Waals surface area contributed by atoms with E-state index in [4.69, 9.17) is 4.52 Å². The number of aromatic nitrogens is 1. The number of hydrogen-bond acceptors (Lipinski definition) is 3. The third-order valence-electron chi connectivity index (χ3n) is 3.69. The largest absolute Gasteiger partial charge is 0.361 e. The molecule has 1 aromatic heterocycles. The highest BCUT2D eigenvalue weighted by atomic mass is 16.5. The summed E-state index contributed by atoms with van der Waals surface area (Å²) >= 11 is 0. The van der Waals surface area contributed by atoms with Crippen molar-refractivity contribution < 1.29 is 9.32 Å². The Labute approximate surface area is 118 Å². The summed E-state index contributed by atoms with van der Waals surface area (Å²) in [5, 5.41) is 3.88. The summed E-state index contributed by atoms with van der Waals surface area (Å²) in [6.07, 6.45) is 2.17. The molecule has 1 aliphatic rings. The minimum absolute atomic E-state index is 0.0348. The van der Waals surface area contributed by atoms with Crippen molar-refractivity contribution in [3.05, 3.63) is 52.9 Å². The maximum absolute atomic E-state index is 12.8. The molecule has 3 rings (SSSR count). The number of hydrogen-bond donors (Lipinski definition) is 0. The van der Waals surface area contributed by atoms with Gasteiger partial charge >= 0.3 is 0 Å². The summed E-state index contributed by atoms with van der Waals surface area (Å²) in [7, 11) is 0. The summed E-state index contributed by atoms with van der Waals surface area (Å²) < 4.78 is 5.12. The molecule has 1 amide bonds. The summed E-state index contributed by atoms with van der Waals surface area (Å²) in [6.45, 7) is 4.26. The molecule has 1 saturated carbocycles. The van der Waals surface area contributed by atoms with E-state index in [0.29, 0.717) is 29.6 Å². The molecule has 0 unspecified atom stereocenters. The van der Waals surface area contributed by atoms with E-state index in [0.717, 1.165) is 18.4 Å². The van der Waals surface area contributed by atoms with Crippen LogP contribution in [0.3, 0.4) is 0 Å². The zero-order valence-electron chi connectivity index (χ0n) is 11.8. The summed E-state index contributed by atoms with van der Waals surface area (Å²) in [6, 6.07) is 10.4. The quantitative estimate of drug-likeness (QED) is 0.857. The number of carbonyl (C=O) groups excluding carboxylic acids is 1. The third-order valence-corrected chi connectivity index (χ3v) is 3.69. The highest BCUT2D eigenvalue weighted by Crippen LogP contribution is 2.31. The van der Waals surface area contributed by atoms with Crippen LogP contribution in [0.1, 0.15) is 40.2 Å². The van der Waals surface area contributed by atoms with E-state index in [1.807, 2.05) is 30.0 Å². The predicted octanol–water partition coefficient (Wildman–Crippen LogP) is 3.10. The van der Waals surface area contributed by atoms with Crippen LogP contribution in [-0.4, -0.2) is 22.0 Å². The van der Waals surface area contributed by atoms with Gasteiger partial charge in [0.25, 0.3) is 5.91 Å². The molecule has 2 aromatic rings. The van der Waals surface area contributed by atoms with Crippen molar-refractivity contribution in [2.75, 3.05) is 0 Å². The Hall–Kier alpha value is -2.10. The number of amides is 1. The second kappa shape index (κ2) is 5.12. The van der Waals surface area contributed by atoms with Gasteiger partial charge in [-0.3, -0.25) is 4.79 Å². The van der Waals surface area contributed by atoms with Crippen molar-refractivity contribution in [1.82, 2.24) is 10.1 Å². The van der Waals surface area contributed by atoms with Gasteiger partial charge in [-0.25, -0.2) is 0 Å². The summed E-state index contributed by atoms with van der Waals surface area (Å²) in [5.41, 5.74) is 2.44. The van der Waals surface area contributed by atoms with Gasteiger partial charge in [0, 0.05) is 12.6 Å². The van der Waals surface area contributed by atoms with Gasteiger partial charge in [-0.1, -0.05) is 35.5 Å². The van der Waals surface area contributed by atoms with Gasteiger partial charge in [0.15, 0.2) is 0 Å². The lowest BCUT2D eigenvalue weighted by atomic mass is 10.1. The van der Waals surface area contributed by atoms with E-state index in [1.54, 1.807) is 6.92 Å². The topological polar surface area (TPSA) is 46.3 Å². The Bertz CT molecular complexity index is 595. The third kappa shape index (κ3) is 2.46. The van der Waals surface area contributed by atoms with E-state index >= 15 is 0 Å². The number of rotatable bonds is 4. The maximum Gasteiger partial charge on any atom is 0.259 e. The average Bonchev–Trinajstić information content (AvgIpc) is 3.23. The van der Waals surface area contributed by atoms with Gasteiger partial charge in [-0.2, -0.15) is 0 Å². The second-order valence-electron chi connectivity index (χ2n) is 5.35. The van der Waals surface area contributed by atoms with E-state index in [-0.39, 0.29) is 5.91 Å². The lowest BCUT2D eigenvalue weighted by Crippen LogP contribution is -2.33. The SMILES string of the molecule is Cc1noc(C)c1C(=O)N(Cc1ccccc1)C1CC1.